The number of ketones is 2. The first-order valence-electron chi connectivity index (χ1n) is 11.4. The molecule has 2 aliphatic rings. The van der Waals surface area contributed by atoms with Gasteiger partial charge in [0.15, 0.2) is 11.6 Å². The fourth-order valence-electron chi connectivity index (χ4n) is 4.69. The highest BCUT2D eigenvalue weighted by Crippen LogP contribution is 2.49. The average molecular weight is 552 g/mol. The first kappa shape index (κ1) is 27.1. The standard InChI is InChI=1S/C24H27FN3O7PS/c1-13(35-3)9-10-24(2)17-7-5-14(25)11-16(17)21(29)20(22(24)30)23-26-18-8-6-15(28-37(4,33)34)12-19(18)36(31,32)27-23/h5-8,11-13,20,28H,9-10H2,1-4H3,(H2,26,27,31,32). The molecular formula is C24H27FN3O7PS. The molecule has 4 unspecified atom stereocenters. The minimum atomic E-state index is -4.52. The quantitative estimate of drug-likeness (QED) is 0.351. The Labute approximate surface area is 213 Å². The molecule has 0 saturated carbocycles. The second-order valence-corrected chi connectivity index (χ2v) is 13.0. The number of rotatable bonds is 7. The highest BCUT2D eigenvalue weighted by atomic mass is 32.2. The van der Waals surface area contributed by atoms with Crippen LogP contribution in [0.15, 0.2) is 41.2 Å². The van der Waals surface area contributed by atoms with Crippen molar-refractivity contribution in [2.24, 2.45) is 10.7 Å². The van der Waals surface area contributed by atoms with Gasteiger partial charge in [-0.1, -0.05) is 6.07 Å². The summed E-state index contributed by atoms with van der Waals surface area (Å²) in [6, 6.07) is 7.55. The van der Waals surface area contributed by atoms with Gasteiger partial charge in [-0.15, -0.1) is 0 Å². The van der Waals surface area contributed by atoms with Gasteiger partial charge in [-0.05, 0) is 62.6 Å². The first-order chi connectivity index (χ1) is 17.2. The van der Waals surface area contributed by atoms with Crippen molar-refractivity contribution in [2.45, 2.75) is 38.2 Å². The van der Waals surface area contributed by atoms with Crippen molar-refractivity contribution >= 4 is 51.6 Å². The van der Waals surface area contributed by atoms with Crippen LogP contribution in [0.2, 0.25) is 0 Å². The molecule has 37 heavy (non-hydrogen) atoms. The van der Waals surface area contributed by atoms with Crippen LogP contribution in [0.4, 0.5) is 15.8 Å². The highest BCUT2D eigenvalue weighted by Gasteiger charge is 2.52. The van der Waals surface area contributed by atoms with Crippen molar-refractivity contribution in [3.05, 3.63) is 53.3 Å². The fraction of sp³-hybridized carbons (Fsp3) is 0.375. The number of sulfonamides is 1. The van der Waals surface area contributed by atoms with E-state index in [0.29, 0.717) is 12.0 Å². The number of carbonyl (C=O) groups is 2. The van der Waals surface area contributed by atoms with Crippen molar-refractivity contribution in [1.29, 1.82) is 0 Å². The Balaban J connectivity index is 1.79. The van der Waals surface area contributed by atoms with Crippen LogP contribution in [0.1, 0.15) is 42.6 Å². The van der Waals surface area contributed by atoms with Crippen molar-refractivity contribution in [3.8, 4) is 0 Å². The Morgan fingerprint density at radius 3 is 2.62 bits per heavy atom. The Morgan fingerprint density at radius 1 is 1.27 bits per heavy atom. The van der Waals surface area contributed by atoms with Gasteiger partial charge >= 0.3 is 7.52 Å². The van der Waals surface area contributed by atoms with Crippen LogP contribution in [0.25, 0.3) is 0 Å². The molecule has 0 radical (unpaired) electrons. The zero-order chi connectivity index (χ0) is 27.3. The van der Waals surface area contributed by atoms with Gasteiger partial charge in [-0.25, -0.2) is 12.8 Å². The minimum absolute atomic E-state index is 0.00735. The van der Waals surface area contributed by atoms with Crippen LogP contribution in [0.5, 0.6) is 0 Å². The van der Waals surface area contributed by atoms with E-state index >= 15 is 0 Å². The zero-order valence-electron chi connectivity index (χ0n) is 20.6. The van der Waals surface area contributed by atoms with Crippen molar-refractivity contribution in [1.82, 2.24) is 0 Å². The lowest BCUT2D eigenvalue weighted by Crippen LogP contribution is -2.51. The van der Waals surface area contributed by atoms with Gasteiger partial charge in [0.1, 0.15) is 17.6 Å². The number of fused-ring (bicyclic) bond motifs is 2. The van der Waals surface area contributed by atoms with Crippen molar-refractivity contribution in [2.75, 3.05) is 23.4 Å². The van der Waals surface area contributed by atoms with Crippen LogP contribution in [-0.2, 0) is 29.5 Å². The number of nitrogens with zero attached hydrogens (tertiary/aromatic N) is 1. The van der Waals surface area contributed by atoms with Crippen LogP contribution in [0.3, 0.4) is 0 Å². The maximum absolute atomic E-state index is 14.2. The van der Waals surface area contributed by atoms with E-state index in [1.54, 1.807) is 14.0 Å². The number of nitrogens with one attached hydrogen (secondary N) is 2. The lowest BCUT2D eigenvalue weighted by Gasteiger charge is -2.39. The lowest BCUT2D eigenvalue weighted by molar-refractivity contribution is -0.125. The third kappa shape index (κ3) is 5.11. The van der Waals surface area contributed by atoms with Gasteiger partial charge in [0.25, 0.3) is 0 Å². The first-order valence-corrected chi connectivity index (χ1v) is 14.9. The van der Waals surface area contributed by atoms with Crippen molar-refractivity contribution < 1.29 is 36.6 Å². The largest absolute Gasteiger partial charge is 0.382 e. The topological polar surface area (TPSA) is 151 Å². The molecule has 3 N–H and O–H groups in total. The summed E-state index contributed by atoms with van der Waals surface area (Å²) in [7, 11) is -6.63. The monoisotopic (exact) mass is 551 g/mol. The third-order valence-corrected chi connectivity index (χ3v) is 8.85. The smallest absolute Gasteiger partial charge is 0.345 e. The molecule has 1 aliphatic carbocycles. The Morgan fingerprint density at radius 2 is 1.97 bits per heavy atom. The third-order valence-electron chi connectivity index (χ3n) is 6.76. The molecule has 0 amide bonds. The molecule has 0 aromatic heterocycles. The molecule has 4 rings (SSSR count). The molecule has 13 heteroatoms. The molecular weight excluding hydrogens is 524 g/mol. The Hall–Kier alpha value is -2.92. The number of methoxy groups -OCH3 is 1. The molecule has 0 spiro atoms. The highest BCUT2D eigenvalue weighted by molar-refractivity contribution is 7.92. The van der Waals surface area contributed by atoms with Gasteiger partial charge in [-0.3, -0.25) is 18.9 Å². The molecule has 0 saturated heterocycles. The SMILES string of the molecule is COC(C)CCC1(C)C(=O)C(C2=NP(=O)(O)c3cc(NS(C)(=O)=O)ccc3N2)C(=O)c2cc(F)ccc21. The number of ether oxygens (including phenoxy) is 1. The normalized spacial score (nSPS) is 26.0. The predicted molar refractivity (Wildman–Crippen MR) is 138 cm³/mol. The van der Waals surface area contributed by atoms with E-state index in [1.807, 2.05) is 6.92 Å². The number of carbonyl (C=O) groups excluding carboxylic acids is 2. The number of hydrogen-bond donors (Lipinski definition) is 3. The van der Waals surface area contributed by atoms with Crippen LogP contribution < -0.4 is 15.3 Å². The average Bonchev–Trinajstić information content (AvgIpc) is 2.80. The lowest BCUT2D eigenvalue weighted by atomic mass is 9.63. The molecule has 0 fully saturated rings. The molecule has 198 valence electrons. The van der Waals surface area contributed by atoms with E-state index in [1.165, 1.54) is 24.3 Å². The zero-order valence-corrected chi connectivity index (χ0v) is 22.3. The number of Topliss-reactive ketones (excluding diaryl/α,β-unsaturated/α-hetero) is 2. The summed E-state index contributed by atoms with van der Waals surface area (Å²) in [4.78, 5) is 38.2. The predicted octanol–water partition coefficient (Wildman–Crippen LogP) is 2.99. The van der Waals surface area contributed by atoms with E-state index in [0.717, 1.165) is 18.4 Å². The molecule has 4 atom stereocenters. The number of amidine groups is 1. The maximum Gasteiger partial charge on any atom is 0.345 e. The van der Waals surface area contributed by atoms with E-state index in [4.69, 9.17) is 4.74 Å². The van der Waals surface area contributed by atoms with Gasteiger partial charge in [-0.2, -0.15) is 4.76 Å². The molecule has 1 heterocycles. The van der Waals surface area contributed by atoms with E-state index in [9.17, 15) is 31.9 Å². The summed E-state index contributed by atoms with van der Waals surface area (Å²) >= 11 is 0. The second-order valence-electron chi connectivity index (χ2n) is 9.53. The molecule has 10 nitrogen and oxygen atoms in total. The molecule has 1 aliphatic heterocycles. The van der Waals surface area contributed by atoms with Gasteiger partial charge in [0.2, 0.25) is 10.0 Å². The Bertz CT molecular complexity index is 1490. The second kappa shape index (κ2) is 9.43. The molecule has 2 aromatic rings. The summed E-state index contributed by atoms with van der Waals surface area (Å²) < 4.78 is 61.9. The fourth-order valence-corrected chi connectivity index (χ4v) is 6.56. The van der Waals surface area contributed by atoms with Crippen LogP contribution >= 0.6 is 7.52 Å². The number of benzene rings is 2. The van der Waals surface area contributed by atoms with Crippen LogP contribution in [0, 0.1) is 11.7 Å². The number of halogens is 1. The summed E-state index contributed by atoms with van der Waals surface area (Å²) in [6.07, 6.45) is 1.50. The number of anilines is 2. The van der Waals surface area contributed by atoms with E-state index < -0.39 is 46.3 Å². The molecule has 0 bridgehead atoms. The number of hydrogen-bond acceptors (Lipinski definition) is 7. The summed E-state index contributed by atoms with van der Waals surface area (Å²) in [5.74, 6) is -3.82. The Kier molecular flexibility index (Phi) is 6.91. The van der Waals surface area contributed by atoms with E-state index in [2.05, 4.69) is 14.8 Å². The van der Waals surface area contributed by atoms with Gasteiger partial charge in [0, 0.05) is 18.4 Å². The molecule has 2 aromatic carbocycles. The summed E-state index contributed by atoms with van der Waals surface area (Å²) in [6.45, 7) is 3.50. The van der Waals surface area contributed by atoms with E-state index in [-0.39, 0.29) is 40.6 Å². The maximum atomic E-state index is 14.2. The minimum Gasteiger partial charge on any atom is -0.382 e. The summed E-state index contributed by atoms with van der Waals surface area (Å²) in [5, 5.41) is 2.62. The van der Waals surface area contributed by atoms with Gasteiger partial charge < -0.3 is 14.9 Å². The van der Waals surface area contributed by atoms with Crippen LogP contribution in [-0.4, -0.2) is 50.2 Å². The van der Waals surface area contributed by atoms with Crippen molar-refractivity contribution in [3.63, 3.8) is 0 Å². The summed E-state index contributed by atoms with van der Waals surface area (Å²) in [5.41, 5.74) is -0.696. The van der Waals surface area contributed by atoms with Gasteiger partial charge in [0.05, 0.1) is 28.8 Å².